The van der Waals surface area contributed by atoms with Crippen LogP contribution in [0.15, 0.2) is 48.0 Å². The standard InChI is InChI=1S/C19H20N2OS/c22-19(21(15-8-9-15)13-16-4-3-11-23-16)10-7-14-12-20-18-6-2-1-5-17(14)18/h1-6,11-12,15,20H,7-10,13H2. The van der Waals surface area contributed by atoms with Crippen molar-refractivity contribution in [3.8, 4) is 0 Å². The van der Waals surface area contributed by atoms with Crippen LogP contribution in [0.4, 0.5) is 0 Å². The van der Waals surface area contributed by atoms with Gasteiger partial charge in [-0.05, 0) is 42.3 Å². The highest BCUT2D eigenvalue weighted by atomic mass is 32.1. The number of rotatable bonds is 6. The summed E-state index contributed by atoms with van der Waals surface area (Å²) in [5, 5.41) is 3.31. The van der Waals surface area contributed by atoms with E-state index in [4.69, 9.17) is 0 Å². The van der Waals surface area contributed by atoms with Gasteiger partial charge in [-0.2, -0.15) is 0 Å². The first-order chi connectivity index (χ1) is 11.3. The molecule has 0 atom stereocenters. The molecule has 1 fully saturated rings. The van der Waals surface area contributed by atoms with Crippen LogP contribution in [-0.2, 0) is 17.8 Å². The molecule has 4 rings (SSSR count). The highest BCUT2D eigenvalue weighted by Gasteiger charge is 2.32. The van der Waals surface area contributed by atoms with E-state index >= 15 is 0 Å². The Labute approximate surface area is 139 Å². The molecule has 0 bridgehead atoms. The number of aromatic nitrogens is 1. The van der Waals surface area contributed by atoms with Crippen LogP contribution in [0.3, 0.4) is 0 Å². The average Bonchev–Trinajstić information content (AvgIpc) is 3.12. The number of H-pyrrole nitrogens is 1. The van der Waals surface area contributed by atoms with Crippen LogP contribution in [0.5, 0.6) is 0 Å². The van der Waals surface area contributed by atoms with Crippen molar-refractivity contribution in [3.05, 3.63) is 58.4 Å². The van der Waals surface area contributed by atoms with Crippen LogP contribution in [0.2, 0.25) is 0 Å². The Bertz CT molecular complexity index is 802. The number of nitrogens with zero attached hydrogens (tertiary/aromatic N) is 1. The Morgan fingerprint density at radius 2 is 2.09 bits per heavy atom. The van der Waals surface area contributed by atoms with Crippen LogP contribution in [0.1, 0.15) is 29.7 Å². The van der Waals surface area contributed by atoms with Crippen molar-refractivity contribution in [2.24, 2.45) is 0 Å². The van der Waals surface area contributed by atoms with Crippen LogP contribution < -0.4 is 0 Å². The summed E-state index contributed by atoms with van der Waals surface area (Å²) in [6.45, 7) is 0.773. The van der Waals surface area contributed by atoms with Crippen molar-refractivity contribution < 1.29 is 4.79 Å². The van der Waals surface area contributed by atoms with E-state index < -0.39 is 0 Å². The molecule has 1 N–H and O–H groups in total. The lowest BCUT2D eigenvalue weighted by molar-refractivity contribution is -0.132. The molecule has 0 unspecified atom stereocenters. The van der Waals surface area contributed by atoms with Gasteiger partial charge in [0.1, 0.15) is 0 Å². The van der Waals surface area contributed by atoms with Gasteiger partial charge in [-0.15, -0.1) is 11.3 Å². The summed E-state index contributed by atoms with van der Waals surface area (Å²) in [5.41, 5.74) is 2.38. The monoisotopic (exact) mass is 324 g/mol. The molecular formula is C19H20N2OS. The molecule has 23 heavy (non-hydrogen) atoms. The number of aryl methyl sites for hydroxylation is 1. The highest BCUT2D eigenvalue weighted by Crippen LogP contribution is 2.30. The van der Waals surface area contributed by atoms with Crippen LogP contribution in [0, 0.1) is 0 Å². The maximum atomic E-state index is 12.7. The van der Waals surface area contributed by atoms with Crippen LogP contribution in [0.25, 0.3) is 10.9 Å². The van der Waals surface area contributed by atoms with Crippen molar-refractivity contribution in [2.75, 3.05) is 0 Å². The molecule has 1 saturated carbocycles. The normalized spacial score (nSPS) is 14.3. The molecule has 2 aromatic heterocycles. The number of hydrogen-bond acceptors (Lipinski definition) is 2. The molecule has 3 nitrogen and oxygen atoms in total. The summed E-state index contributed by atoms with van der Waals surface area (Å²) >= 11 is 1.73. The minimum absolute atomic E-state index is 0.284. The van der Waals surface area contributed by atoms with Crippen molar-refractivity contribution in [1.29, 1.82) is 0 Å². The second-order valence-electron chi connectivity index (χ2n) is 6.19. The summed E-state index contributed by atoms with van der Waals surface area (Å²) in [7, 11) is 0. The molecule has 0 radical (unpaired) electrons. The van der Waals surface area contributed by atoms with Gasteiger partial charge in [-0.1, -0.05) is 24.3 Å². The topological polar surface area (TPSA) is 36.1 Å². The predicted octanol–water partition coefficient (Wildman–Crippen LogP) is 4.35. The van der Waals surface area contributed by atoms with E-state index in [-0.39, 0.29) is 5.91 Å². The predicted molar refractivity (Wildman–Crippen MR) is 94.5 cm³/mol. The third kappa shape index (κ3) is 3.17. The van der Waals surface area contributed by atoms with E-state index in [9.17, 15) is 4.79 Å². The SMILES string of the molecule is O=C(CCc1c[nH]c2ccccc12)N(Cc1cccs1)C1CC1. The highest BCUT2D eigenvalue weighted by molar-refractivity contribution is 7.09. The summed E-state index contributed by atoms with van der Waals surface area (Å²) in [5.74, 6) is 0.284. The Balaban J connectivity index is 1.43. The lowest BCUT2D eigenvalue weighted by Gasteiger charge is -2.21. The van der Waals surface area contributed by atoms with Crippen LogP contribution in [-0.4, -0.2) is 21.8 Å². The molecular weight excluding hydrogens is 304 g/mol. The fourth-order valence-corrected chi connectivity index (χ4v) is 3.80. The van der Waals surface area contributed by atoms with E-state index in [0.29, 0.717) is 12.5 Å². The van der Waals surface area contributed by atoms with Gasteiger partial charge in [0.2, 0.25) is 5.91 Å². The minimum Gasteiger partial charge on any atom is -0.361 e. The third-order valence-corrected chi connectivity index (χ3v) is 5.36. The minimum atomic E-state index is 0.284. The van der Waals surface area contributed by atoms with E-state index in [1.54, 1.807) is 11.3 Å². The Morgan fingerprint density at radius 1 is 1.22 bits per heavy atom. The summed E-state index contributed by atoms with van der Waals surface area (Å²) in [6, 6.07) is 12.9. The van der Waals surface area contributed by atoms with Crippen LogP contribution >= 0.6 is 11.3 Å². The van der Waals surface area contributed by atoms with Gasteiger partial charge in [0.15, 0.2) is 0 Å². The third-order valence-electron chi connectivity index (χ3n) is 4.50. The number of carbonyl (C=O) groups is 1. The van der Waals surface area contributed by atoms with E-state index in [0.717, 1.165) is 31.3 Å². The first-order valence-electron chi connectivity index (χ1n) is 8.18. The molecule has 0 spiro atoms. The summed E-state index contributed by atoms with van der Waals surface area (Å²) < 4.78 is 0. The molecule has 1 amide bonds. The molecule has 4 heteroatoms. The van der Waals surface area contributed by atoms with Crippen molar-refractivity contribution in [3.63, 3.8) is 0 Å². The Morgan fingerprint density at radius 3 is 2.87 bits per heavy atom. The summed E-state index contributed by atoms with van der Waals surface area (Å²) in [4.78, 5) is 19.4. The second kappa shape index (κ2) is 6.20. The molecule has 1 aliphatic rings. The maximum Gasteiger partial charge on any atom is 0.223 e. The van der Waals surface area contributed by atoms with Gasteiger partial charge in [-0.3, -0.25) is 4.79 Å². The number of nitrogens with one attached hydrogen (secondary N) is 1. The molecule has 1 aromatic carbocycles. The van der Waals surface area contributed by atoms with Gasteiger partial charge in [0.05, 0.1) is 6.54 Å². The number of thiophene rings is 1. The van der Waals surface area contributed by atoms with Gasteiger partial charge < -0.3 is 9.88 Å². The molecule has 0 saturated heterocycles. The van der Waals surface area contributed by atoms with Gasteiger partial charge in [0.25, 0.3) is 0 Å². The quantitative estimate of drug-likeness (QED) is 0.719. The van der Waals surface area contributed by atoms with E-state index in [1.165, 1.54) is 15.8 Å². The number of hydrogen-bond donors (Lipinski definition) is 1. The lowest BCUT2D eigenvalue weighted by atomic mass is 10.1. The van der Waals surface area contributed by atoms with Crippen molar-refractivity contribution in [1.82, 2.24) is 9.88 Å². The number of para-hydroxylation sites is 1. The zero-order valence-corrected chi connectivity index (χ0v) is 13.8. The van der Waals surface area contributed by atoms with E-state index in [1.807, 2.05) is 12.3 Å². The second-order valence-corrected chi connectivity index (χ2v) is 7.22. The molecule has 118 valence electrons. The van der Waals surface area contributed by atoms with Gasteiger partial charge >= 0.3 is 0 Å². The number of fused-ring (bicyclic) bond motifs is 1. The first kappa shape index (κ1) is 14.5. The molecule has 2 heterocycles. The maximum absolute atomic E-state index is 12.7. The van der Waals surface area contributed by atoms with Gasteiger partial charge in [0, 0.05) is 34.4 Å². The first-order valence-corrected chi connectivity index (χ1v) is 9.06. The fraction of sp³-hybridized carbons (Fsp3) is 0.316. The Kier molecular flexibility index (Phi) is 3.92. The van der Waals surface area contributed by atoms with E-state index in [2.05, 4.69) is 45.6 Å². The molecule has 3 aromatic rings. The molecule has 1 aliphatic carbocycles. The van der Waals surface area contributed by atoms with Crippen molar-refractivity contribution in [2.45, 2.75) is 38.3 Å². The zero-order valence-electron chi connectivity index (χ0n) is 13.0. The lowest BCUT2D eigenvalue weighted by Crippen LogP contribution is -2.32. The zero-order chi connectivity index (χ0) is 15.6. The average molecular weight is 324 g/mol. The number of amides is 1. The smallest absolute Gasteiger partial charge is 0.223 e. The summed E-state index contributed by atoms with van der Waals surface area (Å²) in [6.07, 6.45) is 5.74. The fourth-order valence-electron chi connectivity index (χ4n) is 3.10. The number of aromatic amines is 1. The molecule has 0 aliphatic heterocycles. The number of benzene rings is 1. The van der Waals surface area contributed by atoms with Gasteiger partial charge in [-0.25, -0.2) is 0 Å². The Hall–Kier alpha value is -2.07. The largest absolute Gasteiger partial charge is 0.361 e. The van der Waals surface area contributed by atoms with Crippen molar-refractivity contribution >= 4 is 28.1 Å². The number of carbonyl (C=O) groups excluding carboxylic acids is 1.